The van der Waals surface area contributed by atoms with E-state index >= 15 is 0 Å². The topological polar surface area (TPSA) is 75.6 Å². The predicted molar refractivity (Wildman–Crippen MR) is 83.6 cm³/mol. The fourth-order valence-electron chi connectivity index (χ4n) is 1.76. The van der Waals surface area contributed by atoms with E-state index in [4.69, 9.17) is 21.4 Å². The lowest BCUT2D eigenvalue weighted by molar-refractivity contribution is -0.122. The lowest BCUT2D eigenvalue weighted by atomic mass is 10.2. The Labute approximate surface area is 132 Å². The van der Waals surface area contributed by atoms with Crippen LogP contribution < -0.4 is 10.1 Å². The second-order valence-corrected chi connectivity index (χ2v) is 4.97. The van der Waals surface area contributed by atoms with Crippen molar-refractivity contribution < 1.29 is 19.4 Å². The minimum Gasteiger partial charge on any atom is -0.479 e. The number of carbonyl (C=O) groups excluding carboxylic acids is 1. The van der Waals surface area contributed by atoms with E-state index in [2.05, 4.69) is 5.32 Å². The molecule has 1 amide bonds. The highest BCUT2D eigenvalue weighted by atomic mass is 35.5. The maximum atomic E-state index is 12.1. The van der Waals surface area contributed by atoms with Crippen LogP contribution in [0, 0.1) is 0 Å². The van der Waals surface area contributed by atoms with Gasteiger partial charge in [-0.15, -0.1) is 0 Å². The summed E-state index contributed by atoms with van der Waals surface area (Å²) >= 11 is 5.97. The summed E-state index contributed by atoms with van der Waals surface area (Å²) < 4.78 is 5.50. The summed E-state index contributed by atoms with van der Waals surface area (Å²) in [6.45, 7) is 1.58. The number of carbonyl (C=O) groups is 2. The SMILES string of the molecule is CC(Oc1ccccc1Cl)C(=O)Nc1cccc(C(=O)O)c1. The number of anilines is 1. The third-order valence-corrected chi connectivity index (χ3v) is 3.20. The molecule has 5 nitrogen and oxygen atoms in total. The summed E-state index contributed by atoms with van der Waals surface area (Å²) in [5, 5.41) is 11.9. The molecule has 0 aliphatic heterocycles. The number of carboxylic acid groups (broad SMARTS) is 1. The number of aromatic carboxylic acids is 1. The van der Waals surface area contributed by atoms with Crippen LogP contribution in [0.25, 0.3) is 0 Å². The number of halogens is 1. The zero-order chi connectivity index (χ0) is 16.1. The van der Waals surface area contributed by atoms with Crippen molar-refractivity contribution in [3.8, 4) is 5.75 Å². The molecule has 6 heteroatoms. The van der Waals surface area contributed by atoms with Crippen molar-refractivity contribution in [2.75, 3.05) is 5.32 Å². The summed E-state index contributed by atoms with van der Waals surface area (Å²) in [7, 11) is 0. The van der Waals surface area contributed by atoms with E-state index in [0.717, 1.165) is 0 Å². The lowest BCUT2D eigenvalue weighted by Crippen LogP contribution is -2.30. The van der Waals surface area contributed by atoms with Crippen LogP contribution in [0.4, 0.5) is 5.69 Å². The molecule has 2 aromatic rings. The molecule has 2 N–H and O–H groups in total. The van der Waals surface area contributed by atoms with Gasteiger partial charge in [0.1, 0.15) is 5.75 Å². The molecule has 2 aromatic carbocycles. The van der Waals surface area contributed by atoms with Crippen LogP contribution in [0.3, 0.4) is 0 Å². The van der Waals surface area contributed by atoms with Gasteiger partial charge >= 0.3 is 5.97 Å². The third kappa shape index (κ3) is 3.99. The fraction of sp³-hybridized carbons (Fsp3) is 0.125. The van der Waals surface area contributed by atoms with Gasteiger partial charge in [-0.1, -0.05) is 29.8 Å². The Morgan fingerprint density at radius 2 is 1.91 bits per heavy atom. The van der Waals surface area contributed by atoms with Gasteiger partial charge in [-0.05, 0) is 37.3 Å². The number of ether oxygens (including phenoxy) is 1. The standard InChI is InChI=1S/C16H14ClNO4/c1-10(22-14-8-3-2-7-13(14)17)15(19)18-12-6-4-5-11(9-12)16(20)21/h2-10H,1H3,(H,18,19)(H,20,21). The number of nitrogens with one attached hydrogen (secondary N) is 1. The van der Waals surface area contributed by atoms with Gasteiger partial charge in [0.05, 0.1) is 10.6 Å². The zero-order valence-corrected chi connectivity index (χ0v) is 12.5. The average molecular weight is 320 g/mol. The maximum Gasteiger partial charge on any atom is 0.335 e. The number of hydrogen-bond acceptors (Lipinski definition) is 3. The van der Waals surface area contributed by atoms with Crippen LogP contribution in [0.2, 0.25) is 5.02 Å². The van der Waals surface area contributed by atoms with Crippen LogP contribution in [0.1, 0.15) is 17.3 Å². The van der Waals surface area contributed by atoms with Gasteiger partial charge in [0, 0.05) is 5.69 Å². The molecule has 0 fully saturated rings. The van der Waals surface area contributed by atoms with Gasteiger partial charge in [0.25, 0.3) is 5.91 Å². The molecular formula is C16H14ClNO4. The predicted octanol–water partition coefficient (Wildman–Crippen LogP) is 3.44. The minimum atomic E-state index is -1.06. The molecule has 22 heavy (non-hydrogen) atoms. The molecule has 0 bridgehead atoms. The number of carboxylic acids is 1. The Morgan fingerprint density at radius 1 is 1.18 bits per heavy atom. The Morgan fingerprint density at radius 3 is 2.59 bits per heavy atom. The summed E-state index contributed by atoms with van der Waals surface area (Å²) in [6.07, 6.45) is -0.784. The highest BCUT2D eigenvalue weighted by Crippen LogP contribution is 2.24. The molecule has 0 aliphatic carbocycles. The molecule has 0 spiro atoms. The number of para-hydroxylation sites is 1. The van der Waals surface area contributed by atoms with Crippen molar-refractivity contribution in [3.63, 3.8) is 0 Å². The summed E-state index contributed by atoms with van der Waals surface area (Å²) in [5.74, 6) is -1.05. The van der Waals surface area contributed by atoms with E-state index in [-0.39, 0.29) is 5.56 Å². The highest BCUT2D eigenvalue weighted by Gasteiger charge is 2.16. The molecule has 1 atom stereocenters. The molecule has 1 unspecified atom stereocenters. The Hall–Kier alpha value is -2.53. The van der Waals surface area contributed by atoms with Crippen molar-refractivity contribution >= 4 is 29.2 Å². The second kappa shape index (κ2) is 6.95. The summed E-state index contributed by atoms with van der Waals surface area (Å²) in [6, 6.07) is 12.8. The van der Waals surface area contributed by atoms with Gasteiger partial charge in [-0.25, -0.2) is 4.79 Å². The summed E-state index contributed by atoms with van der Waals surface area (Å²) in [5.41, 5.74) is 0.483. The smallest absolute Gasteiger partial charge is 0.335 e. The van der Waals surface area contributed by atoms with Gasteiger partial charge < -0.3 is 15.2 Å². The molecule has 0 aromatic heterocycles. The first kappa shape index (κ1) is 15.9. The van der Waals surface area contributed by atoms with Crippen molar-refractivity contribution in [2.24, 2.45) is 0 Å². The molecule has 2 rings (SSSR count). The van der Waals surface area contributed by atoms with Gasteiger partial charge in [0.2, 0.25) is 0 Å². The number of hydrogen-bond donors (Lipinski definition) is 2. The molecule has 0 aliphatic rings. The van der Waals surface area contributed by atoms with Crippen molar-refractivity contribution in [2.45, 2.75) is 13.0 Å². The van der Waals surface area contributed by atoms with E-state index in [0.29, 0.717) is 16.5 Å². The van der Waals surface area contributed by atoms with E-state index in [1.54, 1.807) is 43.3 Å². The van der Waals surface area contributed by atoms with Crippen LogP contribution in [-0.2, 0) is 4.79 Å². The van der Waals surface area contributed by atoms with Gasteiger partial charge in [-0.3, -0.25) is 4.79 Å². The largest absolute Gasteiger partial charge is 0.479 e. The van der Waals surface area contributed by atoms with Crippen LogP contribution in [-0.4, -0.2) is 23.1 Å². The van der Waals surface area contributed by atoms with E-state index in [1.807, 2.05) is 0 Å². The minimum absolute atomic E-state index is 0.0949. The maximum absolute atomic E-state index is 12.1. The average Bonchev–Trinajstić information content (AvgIpc) is 2.49. The molecule has 114 valence electrons. The first-order chi connectivity index (χ1) is 10.5. The van der Waals surface area contributed by atoms with Crippen LogP contribution in [0.15, 0.2) is 48.5 Å². The number of benzene rings is 2. The third-order valence-electron chi connectivity index (χ3n) is 2.89. The first-order valence-corrected chi connectivity index (χ1v) is 6.90. The normalized spacial score (nSPS) is 11.5. The van der Waals surface area contributed by atoms with Crippen LogP contribution in [0.5, 0.6) is 5.75 Å². The van der Waals surface area contributed by atoms with Crippen LogP contribution >= 0.6 is 11.6 Å². The zero-order valence-electron chi connectivity index (χ0n) is 11.7. The molecular weight excluding hydrogens is 306 g/mol. The van der Waals surface area contributed by atoms with Crippen molar-refractivity contribution in [1.29, 1.82) is 0 Å². The molecule has 0 saturated carbocycles. The number of rotatable bonds is 5. The molecule has 0 heterocycles. The van der Waals surface area contributed by atoms with E-state index in [9.17, 15) is 9.59 Å². The number of amides is 1. The van der Waals surface area contributed by atoms with Crippen molar-refractivity contribution in [1.82, 2.24) is 0 Å². The Bertz CT molecular complexity index is 702. The first-order valence-electron chi connectivity index (χ1n) is 6.53. The fourth-order valence-corrected chi connectivity index (χ4v) is 1.94. The summed E-state index contributed by atoms with van der Waals surface area (Å²) in [4.78, 5) is 23.0. The Kier molecular flexibility index (Phi) is 5.01. The lowest BCUT2D eigenvalue weighted by Gasteiger charge is -2.15. The molecule has 0 saturated heterocycles. The van der Waals surface area contributed by atoms with Crippen molar-refractivity contribution in [3.05, 3.63) is 59.1 Å². The second-order valence-electron chi connectivity index (χ2n) is 4.57. The van der Waals surface area contributed by atoms with Gasteiger partial charge in [0.15, 0.2) is 6.10 Å². The van der Waals surface area contributed by atoms with E-state index in [1.165, 1.54) is 12.1 Å². The quantitative estimate of drug-likeness (QED) is 0.885. The monoisotopic (exact) mass is 319 g/mol. The highest BCUT2D eigenvalue weighted by molar-refractivity contribution is 6.32. The van der Waals surface area contributed by atoms with E-state index < -0.39 is 18.0 Å². The molecule has 0 radical (unpaired) electrons. The Balaban J connectivity index is 2.04. The van der Waals surface area contributed by atoms with Gasteiger partial charge in [-0.2, -0.15) is 0 Å².